The molecule has 0 aromatic heterocycles. The maximum absolute atomic E-state index is 11.3. The van der Waals surface area contributed by atoms with Crippen LogP contribution in [0.1, 0.15) is 40.5 Å². The van der Waals surface area contributed by atoms with Crippen LogP contribution in [0.25, 0.3) is 0 Å². The number of hydrogen-bond donors (Lipinski definition) is 0. The first-order valence-corrected chi connectivity index (χ1v) is 6.64. The first kappa shape index (κ1) is 12.9. The monoisotopic (exact) mass is 207 g/mol. The molecule has 0 aromatic rings. The van der Waals surface area contributed by atoms with Crippen LogP contribution in [-0.2, 0) is 10.0 Å². The molecule has 1 saturated heterocycles. The summed E-state index contributed by atoms with van der Waals surface area (Å²) in [6.45, 7) is 8.55. The number of sulfonamides is 1. The highest BCUT2D eigenvalue weighted by Gasteiger charge is 2.27. The highest BCUT2D eigenvalue weighted by atomic mass is 32.2. The van der Waals surface area contributed by atoms with Crippen LogP contribution in [0.2, 0.25) is 0 Å². The van der Waals surface area contributed by atoms with Gasteiger partial charge >= 0.3 is 0 Å². The number of hydrogen-bond acceptors (Lipinski definition) is 2. The lowest BCUT2D eigenvalue weighted by atomic mass is 10.3. The van der Waals surface area contributed by atoms with Crippen LogP contribution in [0, 0.1) is 0 Å². The van der Waals surface area contributed by atoms with E-state index in [0.717, 1.165) is 12.8 Å². The van der Waals surface area contributed by atoms with Gasteiger partial charge in [-0.25, -0.2) is 8.42 Å². The summed E-state index contributed by atoms with van der Waals surface area (Å²) >= 11 is 0. The Morgan fingerprint density at radius 3 is 2.00 bits per heavy atom. The Morgan fingerprint density at radius 2 is 1.69 bits per heavy atom. The third-order valence-corrected chi connectivity index (χ3v) is 4.09. The summed E-state index contributed by atoms with van der Waals surface area (Å²) in [5.74, 6) is 0.338. The van der Waals surface area contributed by atoms with Gasteiger partial charge in [0.15, 0.2) is 0 Å². The molecule has 0 aromatic carbocycles. The minimum atomic E-state index is -2.89. The highest BCUT2D eigenvalue weighted by molar-refractivity contribution is 7.89. The predicted molar refractivity (Wildman–Crippen MR) is 56.2 cm³/mol. The molecule has 0 spiro atoms. The van der Waals surface area contributed by atoms with Crippen molar-refractivity contribution in [3.8, 4) is 0 Å². The molecule has 0 bridgehead atoms. The van der Waals surface area contributed by atoms with E-state index in [1.807, 2.05) is 27.7 Å². The Kier molecular flexibility index (Phi) is 5.56. The zero-order chi connectivity index (χ0) is 10.5. The SMILES string of the molecule is CC.CC(C)N1CCCCS1(=O)=O. The van der Waals surface area contributed by atoms with E-state index in [2.05, 4.69) is 0 Å². The van der Waals surface area contributed by atoms with Gasteiger partial charge < -0.3 is 0 Å². The summed E-state index contributed by atoms with van der Waals surface area (Å²) < 4.78 is 24.3. The number of rotatable bonds is 1. The van der Waals surface area contributed by atoms with Crippen LogP contribution < -0.4 is 0 Å². The van der Waals surface area contributed by atoms with Gasteiger partial charge in [-0.2, -0.15) is 4.31 Å². The van der Waals surface area contributed by atoms with E-state index < -0.39 is 10.0 Å². The second-order valence-electron chi connectivity index (χ2n) is 3.23. The smallest absolute Gasteiger partial charge is 0.212 e. The van der Waals surface area contributed by atoms with Gasteiger partial charge in [-0.1, -0.05) is 13.8 Å². The molecule has 1 fully saturated rings. The van der Waals surface area contributed by atoms with E-state index in [1.165, 1.54) is 0 Å². The third kappa shape index (κ3) is 3.65. The normalized spacial score (nSPS) is 22.2. The average molecular weight is 207 g/mol. The van der Waals surface area contributed by atoms with E-state index in [0.29, 0.717) is 12.3 Å². The van der Waals surface area contributed by atoms with Gasteiger partial charge in [0.1, 0.15) is 0 Å². The highest BCUT2D eigenvalue weighted by Crippen LogP contribution is 2.15. The summed E-state index contributed by atoms with van der Waals surface area (Å²) in [7, 11) is -2.89. The van der Waals surface area contributed by atoms with Crippen LogP contribution in [0.15, 0.2) is 0 Å². The van der Waals surface area contributed by atoms with Gasteiger partial charge in [0.2, 0.25) is 10.0 Å². The zero-order valence-corrected chi connectivity index (χ0v) is 9.89. The lowest BCUT2D eigenvalue weighted by Crippen LogP contribution is -2.42. The van der Waals surface area contributed by atoms with Crippen LogP contribution >= 0.6 is 0 Å². The molecule has 1 rings (SSSR count). The first-order valence-electron chi connectivity index (χ1n) is 5.03. The van der Waals surface area contributed by atoms with E-state index in [-0.39, 0.29) is 6.04 Å². The summed E-state index contributed by atoms with van der Waals surface area (Å²) in [5, 5.41) is 0. The maximum atomic E-state index is 11.3. The molecule has 80 valence electrons. The second kappa shape index (κ2) is 5.60. The van der Waals surface area contributed by atoms with E-state index >= 15 is 0 Å². The Hall–Kier alpha value is -0.0900. The molecule has 3 nitrogen and oxygen atoms in total. The molecule has 4 heteroatoms. The van der Waals surface area contributed by atoms with Crippen LogP contribution in [0.5, 0.6) is 0 Å². The van der Waals surface area contributed by atoms with Crippen LogP contribution in [0.4, 0.5) is 0 Å². The molecular weight excluding hydrogens is 186 g/mol. The minimum absolute atomic E-state index is 0.125. The lowest BCUT2D eigenvalue weighted by molar-refractivity contribution is 0.333. The van der Waals surface area contributed by atoms with Crippen molar-refractivity contribution < 1.29 is 8.42 Å². The Balaban J connectivity index is 0.000000671. The fourth-order valence-corrected chi connectivity index (χ4v) is 3.24. The Morgan fingerprint density at radius 1 is 1.15 bits per heavy atom. The molecule has 1 heterocycles. The third-order valence-electron chi connectivity index (χ3n) is 1.96. The van der Waals surface area contributed by atoms with Crippen molar-refractivity contribution in [3.05, 3.63) is 0 Å². The lowest BCUT2D eigenvalue weighted by Gasteiger charge is -2.29. The molecule has 0 atom stereocenters. The first-order chi connectivity index (χ1) is 6.04. The van der Waals surface area contributed by atoms with E-state index in [4.69, 9.17) is 0 Å². The largest absolute Gasteiger partial charge is 0.214 e. The van der Waals surface area contributed by atoms with Crippen molar-refractivity contribution in [1.29, 1.82) is 0 Å². The quantitative estimate of drug-likeness (QED) is 0.658. The topological polar surface area (TPSA) is 37.4 Å². The van der Waals surface area contributed by atoms with Crippen molar-refractivity contribution >= 4 is 10.0 Å². The van der Waals surface area contributed by atoms with Crippen molar-refractivity contribution in [3.63, 3.8) is 0 Å². The molecule has 1 aliphatic heterocycles. The Labute approximate surface area is 82.2 Å². The van der Waals surface area contributed by atoms with Gasteiger partial charge in [0.05, 0.1) is 5.75 Å². The van der Waals surface area contributed by atoms with Crippen LogP contribution in [0.3, 0.4) is 0 Å². The summed E-state index contributed by atoms with van der Waals surface area (Å²) in [4.78, 5) is 0. The fourth-order valence-electron chi connectivity index (χ4n) is 1.39. The van der Waals surface area contributed by atoms with Crippen molar-refractivity contribution in [2.45, 2.75) is 46.6 Å². The van der Waals surface area contributed by atoms with E-state index in [1.54, 1.807) is 4.31 Å². The molecule has 13 heavy (non-hydrogen) atoms. The maximum Gasteiger partial charge on any atom is 0.214 e. The molecule has 0 unspecified atom stereocenters. The summed E-state index contributed by atoms with van der Waals surface area (Å²) in [6, 6.07) is 0.125. The minimum Gasteiger partial charge on any atom is -0.212 e. The standard InChI is InChI=1S/C7H15NO2S.C2H6/c1-7(2)8-5-3-4-6-11(8,9)10;1-2/h7H,3-6H2,1-2H3;1-2H3. The summed E-state index contributed by atoms with van der Waals surface area (Å²) in [5.41, 5.74) is 0. The molecule has 0 N–H and O–H groups in total. The molecular formula is C9H21NO2S. The van der Waals surface area contributed by atoms with Gasteiger partial charge in [0.25, 0.3) is 0 Å². The van der Waals surface area contributed by atoms with Gasteiger partial charge in [-0.05, 0) is 26.7 Å². The Bertz CT molecular complexity index is 222. The van der Waals surface area contributed by atoms with Gasteiger partial charge in [-0.3, -0.25) is 0 Å². The second-order valence-corrected chi connectivity index (χ2v) is 5.27. The summed E-state index contributed by atoms with van der Waals surface area (Å²) in [6.07, 6.45) is 1.84. The van der Waals surface area contributed by atoms with Gasteiger partial charge in [-0.15, -0.1) is 0 Å². The molecule has 0 amide bonds. The molecule has 0 radical (unpaired) electrons. The average Bonchev–Trinajstić information content (AvgIpc) is 2.06. The molecule has 0 aliphatic carbocycles. The van der Waals surface area contributed by atoms with Crippen molar-refractivity contribution in [1.82, 2.24) is 4.31 Å². The number of nitrogens with zero attached hydrogens (tertiary/aromatic N) is 1. The van der Waals surface area contributed by atoms with Crippen molar-refractivity contribution in [2.24, 2.45) is 0 Å². The fraction of sp³-hybridized carbons (Fsp3) is 1.00. The predicted octanol–water partition coefficient (Wildman–Crippen LogP) is 1.85. The molecule has 0 saturated carbocycles. The van der Waals surface area contributed by atoms with Crippen molar-refractivity contribution in [2.75, 3.05) is 12.3 Å². The van der Waals surface area contributed by atoms with Crippen LogP contribution in [-0.4, -0.2) is 31.1 Å². The van der Waals surface area contributed by atoms with E-state index in [9.17, 15) is 8.42 Å². The van der Waals surface area contributed by atoms with Gasteiger partial charge in [0, 0.05) is 12.6 Å². The zero-order valence-electron chi connectivity index (χ0n) is 9.08. The molecule has 1 aliphatic rings.